The fourth-order valence-corrected chi connectivity index (χ4v) is 0.930. The molecule has 1 amide bonds. The summed E-state index contributed by atoms with van der Waals surface area (Å²) in [6.45, 7) is 3.29. The maximum atomic E-state index is 11.0. The van der Waals surface area contributed by atoms with Crippen molar-refractivity contribution in [1.29, 1.82) is 0 Å². The van der Waals surface area contributed by atoms with Gasteiger partial charge in [0.15, 0.2) is 0 Å². The van der Waals surface area contributed by atoms with E-state index in [1.54, 1.807) is 24.3 Å². The Morgan fingerprint density at radius 3 is 2.62 bits per heavy atom. The van der Waals surface area contributed by atoms with Crippen molar-refractivity contribution in [3.8, 4) is 0 Å². The zero-order valence-corrected chi connectivity index (χ0v) is 7.64. The zero-order chi connectivity index (χ0) is 9.68. The van der Waals surface area contributed by atoms with E-state index in [-0.39, 0.29) is 5.91 Å². The fraction of sp³-hybridized carbons (Fsp3) is 0. The van der Waals surface area contributed by atoms with E-state index in [9.17, 15) is 4.79 Å². The Kier molecular flexibility index (Phi) is 3.32. The van der Waals surface area contributed by atoms with Crippen LogP contribution in [0.2, 0.25) is 5.02 Å². The van der Waals surface area contributed by atoms with Gasteiger partial charge in [0.05, 0.1) is 0 Å². The van der Waals surface area contributed by atoms with Gasteiger partial charge in [-0.3, -0.25) is 4.79 Å². The average molecular weight is 194 g/mol. The standard InChI is InChI=1S/C10H8ClNO/c1-2-3-10(13)12-9-6-4-8(11)5-7-9/h3-7H,1H2,(H,12,13). The highest BCUT2D eigenvalue weighted by molar-refractivity contribution is 6.30. The van der Waals surface area contributed by atoms with Gasteiger partial charge in [-0.1, -0.05) is 18.2 Å². The molecule has 0 spiro atoms. The van der Waals surface area contributed by atoms with Crippen LogP contribution in [0.5, 0.6) is 0 Å². The summed E-state index contributed by atoms with van der Waals surface area (Å²) in [5.74, 6) is -0.252. The van der Waals surface area contributed by atoms with Gasteiger partial charge < -0.3 is 5.32 Å². The second-order valence-corrected chi connectivity index (χ2v) is 2.78. The van der Waals surface area contributed by atoms with Gasteiger partial charge >= 0.3 is 0 Å². The van der Waals surface area contributed by atoms with Gasteiger partial charge in [-0.05, 0) is 24.3 Å². The first-order valence-corrected chi connectivity index (χ1v) is 4.02. The number of nitrogens with one attached hydrogen (secondary N) is 1. The highest BCUT2D eigenvalue weighted by Crippen LogP contribution is 2.12. The maximum absolute atomic E-state index is 11.0. The molecule has 1 aromatic carbocycles. The molecule has 0 aliphatic carbocycles. The van der Waals surface area contributed by atoms with Crippen molar-refractivity contribution in [3.63, 3.8) is 0 Å². The Morgan fingerprint density at radius 1 is 1.46 bits per heavy atom. The van der Waals surface area contributed by atoms with Crippen LogP contribution >= 0.6 is 11.6 Å². The van der Waals surface area contributed by atoms with Crippen LogP contribution in [0.3, 0.4) is 0 Å². The molecule has 0 unspecified atom stereocenters. The van der Waals surface area contributed by atoms with Crippen LogP contribution in [-0.2, 0) is 4.79 Å². The molecule has 0 bridgehead atoms. The molecule has 1 aromatic rings. The summed E-state index contributed by atoms with van der Waals surface area (Å²) in [4.78, 5) is 11.0. The van der Waals surface area contributed by atoms with E-state index in [2.05, 4.69) is 17.6 Å². The summed E-state index contributed by atoms with van der Waals surface area (Å²) in [7, 11) is 0. The summed E-state index contributed by atoms with van der Waals surface area (Å²) < 4.78 is 0. The van der Waals surface area contributed by atoms with Gasteiger partial charge in [-0.25, -0.2) is 0 Å². The first-order chi connectivity index (χ1) is 6.22. The Morgan fingerprint density at radius 2 is 2.08 bits per heavy atom. The molecule has 2 nitrogen and oxygen atoms in total. The molecule has 0 saturated heterocycles. The Bertz CT molecular complexity index is 350. The van der Waals surface area contributed by atoms with E-state index in [1.165, 1.54) is 6.08 Å². The lowest BCUT2D eigenvalue weighted by molar-refractivity contribution is -0.111. The predicted molar refractivity (Wildman–Crippen MR) is 53.8 cm³/mol. The van der Waals surface area contributed by atoms with Crippen LogP contribution in [0.1, 0.15) is 0 Å². The lowest BCUT2D eigenvalue weighted by atomic mass is 10.3. The van der Waals surface area contributed by atoms with Gasteiger partial charge in [-0.15, -0.1) is 5.73 Å². The largest absolute Gasteiger partial charge is 0.322 e. The summed E-state index contributed by atoms with van der Waals surface area (Å²) in [5.41, 5.74) is 3.08. The minimum Gasteiger partial charge on any atom is -0.322 e. The summed E-state index contributed by atoms with van der Waals surface area (Å²) >= 11 is 5.67. The number of halogens is 1. The number of rotatable bonds is 2. The van der Waals surface area contributed by atoms with Crippen LogP contribution in [-0.4, -0.2) is 5.91 Å². The number of anilines is 1. The van der Waals surface area contributed by atoms with Crippen molar-refractivity contribution >= 4 is 23.2 Å². The van der Waals surface area contributed by atoms with Crippen molar-refractivity contribution in [1.82, 2.24) is 0 Å². The predicted octanol–water partition coefficient (Wildman–Crippen LogP) is 2.62. The topological polar surface area (TPSA) is 29.1 Å². The Balaban J connectivity index is 2.69. The lowest BCUT2D eigenvalue weighted by Gasteiger charge is -2.00. The number of benzene rings is 1. The third-order valence-electron chi connectivity index (χ3n) is 1.34. The minimum absolute atomic E-state index is 0.252. The first-order valence-electron chi connectivity index (χ1n) is 3.65. The van der Waals surface area contributed by atoms with Crippen LogP contribution < -0.4 is 5.32 Å². The van der Waals surface area contributed by atoms with Crippen LogP contribution in [0.25, 0.3) is 0 Å². The van der Waals surface area contributed by atoms with E-state index in [1.807, 2.05) is 0 Å². The smallest absolute Gasteiger partial charge is 0.256 e. The van der Waals surface area contributed by atoms with E-state index < -0.39 is 0 Å². The molecule has 1 N–H and O–H groups in total. The van der Waals surface area contributed by atoms with E-state index in [0.29, 0.717) is 10.7 Å². The molecule has 1 rings (SSSR count). The van der Waals surface area contributed by atoms with Gasteiger partial charge in [0.2, 0.25) is 0 Å². The number of hydrogen-bond acceptors (Lipinski definition) is 1. The van der Waals surface area contributed by atoms with E-state index in [0.717, 1.165) is 0 Å². The minimum atomic E-state index is -0.252. The van der Waals surface area contributed by atoms with Crippen molar-refractivity contribution in [2.45, 2.75) is 0 Å². The van der Waals surface area contributed by atoms with Crippen molar-refractivity contribution in [2.75, 3.05) is 5.32 Å². The third-order valence-corrected chi connectivity index (χ3v) is 1.60. The number of amides is 1. The van der Waals surface area contributed by atoms with Crippen molar-refractivity contribution in [3.05, 3.63) is 47.7 Å². The van der Waals surface area contributed by atoms with Crippen LogP contribution in [0.15, 0.2) is 42.7 Å². The lowest BCUT2D eigenvalue weighted by Crippen LogP contribution is -2.06. The van der Waals surface area contributed by atoms with Crippen molar-refractivity contribution in [2.24, 2.45) is 0 Å². The quantitative estimate of drug-likeness (QED) is 0.568. The van der Waals surface area contributed by atoms with Gasteiger partial charge in [0.1, 0.15) is 0 Å². The van der Waals surface area contributed by atoms with Crippen LogP contribution in [0, 0.1) is 0 Å². The highest BCUT2D eigenvalue weighted by atomic mass is 35.5. The van der Waals surface area contributed by atoms with E-state index >= 15 is 0 Å². The number of carbonyl (C=O) groups excluding carboxylic acids is 1. The van der Waals surface area contributed by atoms with Gasteiger partial charge in [0, 0.05) is 16.8 Å². The summed E-state index contributed by atoms with van der Waals surface area (Å²) in [5, 5.41) is 3.25. The molecule has 0 radical (unpaired) electrons. The second-order valence-electron chi connectivity index (χ2n) is 2.34. The molecule has 0 fully saturated rings. The molecule has 0 aliphatic heterocycles. The normalized spacial score (nSPS) is 8.69. The molecular weight excluding hydrogens is 186 g/mol. The summed E-state index contributed by atoms with van der Waals surface area (Å²) in [6, 6.07) is 6.85. The van der Waals surface area contributed by atoms with Gasteiger partial charge in [-0.2, -0.15) is 0 Å². The number of carbonyl (C=O) groups is 1. The SMILES string of the molecule is C=C=CC(=O)Nc1ccc(Cl)cc1. The molecule has 13 heavy (non-hydrogen) atoms. The average Bonchev–Trinajstić information content (AvgIpc) is 2.09. The first kappa shape index (κ1) is 9.59. The second kappa shape index (κ2) is 4.51. The van der Waals surface area contributed by atoms with Crippen molar-refractivity contribution < 1.29 is 4.79 Å². The fourth-order valence-electron chi connectivity index (χ4n) is 0.804. The highest BCUT2D eigenvalue weighted by Gasteiger charge is 1.95. The summed E-state index contributed by atoms with van der Waals surface area (Å²) in [6.07, 6.45) is 1.23. The molecule has 3 heteroatoms. The molecule has 0 atom stereocenters. The monoisotopic (exact) mass is 193 g/mol. The molecule has 0 aromatic heterocycles. The Labute approximate surface area is 81.5 Å². The zero-order valence-electron chi connectivity index (χ0n) is 6.88. The molecule has 0 aliphatic rings. The third kappa shape index (κ3) is 3.16. The maximum Gasteiger partial charge on any atom is 0.256 e. The molecule has 0 saturated carbocycles. The molecule has 0 heterocycles. The van der Waals surface area contributed by atoms with Crippen LogP contribution in [0.4, 0.5) is 5.69 Å². The molecular formula is C10H8ClNO. The van der Waals surface area contributed by atoms with Gasteiger partial charge in [0.25, 0.3) is 5.91 Å². The Hall–Kier alpha value is -1.50. The molecule has 66 valence electrons. The van der Waals surface area contributed by atoms with E-state index in [4.69, 9.17) is 11.6 Å². The number of hydrogen-bond donors (Lipinski definition) is 1.